The molecule has 9 nitrogen and oxygen atoms in total. The Labute approximate surface area is 220 Å². The van der Waals surface area contributed by atoms with Crippen LogP contribution in [-0.2, 0) is 11.2 Å². The van der Waals surface area contributed by atoms with Crippen molar-refractivity contribution in [3.05, 3.63) is 65.6 Å². The molecular formula is C27H30ClN5O4. The van der Waals surface area contributed by atoms with E-state index < -0.39 is 5.54 Å². The summed E-state index contributed by atoms with van der Waals surface area (Å²) in [6.07, 6.45) is 5.13. The minimum atomic E-state index is -0.420. The molecule has 194 valence electrons. The maximum Gasteiger partial charge on any atom is 0.255 e. The van der Waals surface area contributed by atoms with E-state index in [1.807, 2.05) is 26.0 Å². The van der Waals surface area contributed by atoms with Crippen molar-refractivity contribution in [1.29, 1.82) is 0 Å². The number of methoxy groups -OCH3 is 1. The average Bonchev–Trinajstić information content (AvgIpc) is 3.20. The first-order valence-electron chi connectivity index (χ1n) is 11.8. The summed E-state index contributed by atoms with van der Waals surface area (Å²) in [6, 6.07) is 7.18. The van der Waals surface area contributed by atoms with Crippen LogP contribution in [0.5, 0.6) is 11.5 Å². The molecule has 4 rings (SSSR count). The molecule has 0 fully saturated rings. The molecule has 0 unspecified atom stereocenters. The van der Waals surface area contributed by atoms with E-state index in [9.17, 15) is 9.59 Å². The Hall–Kier alpha value is -3.98. The number of rotatable bonds is 9. The number of para-hydroxylation sites is 1. The van der Waals surface area contributed by atoms with Crippen LogP contribution in [0.1, 0.15) is 29.9 Å². The number of carbonyl (C=O) groups excluding carboxylic acids is 2. The van der Waals surface area contributed by atoms with Crippen LogP contribution in [-0.4, -0.2) is 59.5 Å². The topological polar surface area (TPSA) is 109 Å². The number of nitrogens with one attached hydrogen (secondary N) is 3. The molecule has 1 aliphatic rings. The highest BCUT2D eigenvalue weighted by Crippen LogP contribution is 2.43. The Bertz CT molecular complexity index is 1350. The van der Waals surface area contributed by atoms with E-state index in [-0.39, 0.29) is 18.4 Å². The molecule has 0 spiro atoms. The number of benzene rings is 1. The Morgan fingerprint density at radius 3 is 2.86 bits per heavy atom. The van der Waals surface area contributed by atoms with Gasteiger partial charge < -0.3 is 30.0 Å². The third-order valence-corrected chi connectivity index (χ3v) is 6.39. The lowest BCUT2D eigenvalue weighted by Gasteiger charge is -2.30. The highest BCUT2D eigenvalue weighted by Gasteiger charge is 2.36. The van der Waals surface area contributed by atoms with Gasteiger partial charge in [-0.25, -0.2) is 0 Å². The molecule has 0 atom stereocenters. The van der Waals surface area contributed by atoms with Gasteiger partial charge in [-0.05, 0) is 38.1 Å². The van der Waals surface area contributed by atoms with Gasteiger partial charge in [0, 0.05) is 36.5 Å². The fourth-order valence-corrected chi connectivity index (χ4v) is 4.58. The largest absolute Gasteiger partial charge is 0.493 e. The number of hydrogen-bond donors (Lipinski definition) is 3. The summed E-state index contributed by atoms with van der Waals surface area (Å²) in [7, 11) is 3.22. The predicted molar refractivity (Wildman–Crippen MR) is 144 cm³/mol. The molecule has 0 bridgehead atoms. The molecule has 0 saturated heterocycles. The number of aromatic nitrogens is 2. The highest BCUT2D eigenvalue weighted by molar-refractivity contribution is 6.32. The zero-order valence-corrected chi connectivity index (χ0v) is 22.0. The van der Waals surface area contributed by atoms with E-state index in [1.165, 1.54) is 18.1 Å². The first-order chi connectivity index (χ1) is 17.6. The van der Waals surface area contributed by atoms with Crippen molar-refractivity contribution >= 4 is 34.8 Å². The van der Waals surface area contributed by atoms with Crippen molar-refractivity contribution in [1.82, 2.24) is 20.2 Å². The zero-order valence-electron chi connectivity index (χ0n) is 21.3. The Morgan fingerprint density at radius 1 is 1.35 bits per heavy atom. The number of nitrogens with zero attached hydrogens (tertiary/aromatic N) is 2. The summed E-state index contributed by atoms with van der Waals surface area (Å²) in [5.41, 5.74) is 3.43. The van der Waals surface area contributed by atoms with Crippen LogP contribution in [0.3, 0.4) is 0 Å². The fourth-order valence-electron chi connectivity index (χ4n) is 4.33. The van der Waals surface area contributed by atoms with Gasteiger partial charge in [0.2, 0.25) is 5.91 Å². The molecule has 3 heterocycles. The van der Waals surface area contributed by atoms with Crippen LogP contribution in [0.15, 0.2) is 49.3 Å². The summed E-state index contributed by atoms with van der Waals surface area (Å²) in [5.74, 6) is 0.574. The number of hydrogen-bond acceptors (Lipinski definition) is 6. The molecule has 0 radical (unpaired) electrons. The van der Waals surface area contributed by atoms with Crippen molar-refractivity contribution in [2.45, 2.75) is 25.8 Å². The quantitative estimate of drug-likeness (QED) is 0.354. The average molecular weight is 524 g/mol. The van der Waals surface area contributed by atoms with Gasteiger partial charge in [0.15, 0.2) is 5.75 Å². The second kappa shape index (κ2) is 10.6. The molecule has 2 aromatic heterocycles. The molecule has 3 N–H and O–H groups in total. The molecule has 1 aliphatic heterocycles. The predicted octanol–water partition coefficient (Wildman–Crippen LogP) is 4.57. The molecule has 0 aliphatic carbocycles. The smallest absolute Gasteiger partial charge is 0.255 e. The van der Waals surface area contributed by atoms with Crippen LogP contribution in [0, 0.1) is 0 Å². The lowest BCUT2D eigenvalue weighted by Crippen LogP contribution is -2.49. The van der Waals surface area contributed by atoms with E-state index in [1.54, 1.807) is 31.6 Å². The van der Waals surface area contributed by atoms with Crippen molar-refractivity contribution in [2.24, 2.45) is 0 Å². The van der Waals surface area contributed by atoms with Crippen LogP contribution < -0.4 is 20.1 Å². The van der Waals surface area contributed by atoms with Gasteiger partial charge in [0.1, 0.15) is 12.4 Å². The molecule has 10 heteroatoms. The van der Waals surface area contributed by atoms with Gasteiger partial charge in [-0.2, -0.15) is 0 Å². The number of anilines is 2. The maximum atomic E-state index is 13.3. The summed E-state index contributed by atoms with van der Waals surface area (Å²) in [6.45, 7) is 8.07. The van der Waals surface area contributed by atoms with E-state index in [0.717, 1.165) is 5.69 Å². The normalized spacial score (nSPS) is 13.8. The minimum Gasteiger partial charge on any atom is -0.493 e. The minimum absolute atomic E-state index is 0.192. The SMILES string of the molecule is C=CC(=O)N(C)CCOc1cnccc1-c1[nH]c2c(c1Nc1cccc(Cl)c1OC)C(=O)NC(C)(C)C2. The molecule has 0 saturated carbocycles. The number of aromatic amines is 1. The molecule has 1 aromatic carbocycles. The second-order valence-corrected chi connectivity index (χ2v) is 9.78. The monoisotopic (exact) mass is 523 g/mol. The molecule has 3 aromatic rings. The standard InChI is InChI=1S/C27H30ClN5O4/c1-6-21(34)33(4)12-13-37-20-15-29-11-10-16(20)23-24(30-18-9-7-8-17(28)25(18)36-5)22-19(31-23)14-27(2,3)32-26(22)35/h6-11,15,30-31H,1,12-14H2,2-5H3,(H,32,35). The van der Waals surface area contributed by atoms with E-state index >= 15 is 0 Å². The third-order valence-electron chi connectivity index (χ3n) is 6.10. The van der Waals surface area contributed by atoms with Gasteiger partial charge in [0.25, 0.3) is 5.91 Å². The first kappa shape index (κ1) is 26.1. The van der Waals surface area contributed by atoms with Crippen LogP contribution in [0.4, 0.5) is 11.4 Å². The van der Waals surface area contributed by atoms with Crippen LogP contribution in [0.25, 0.3) is 11.3 Å². The van der Waals surface area contributed by atoms with Crippen molar-refractivity contribution in [3.8, 4) is 22.8 Å². The highest BCUT2D eigenvalue weighted by atomic mass is 35.5. The van der Waals surface area contributed by atoms with Crippen molar-refractivity contribution in [2.75, 3.05) is 32.6 Å². The number of likely N-dealkylation sites (N-methyl/N-ethyl adjacent to an activating group) is 1. The molecule has 37 heavy (non-hydrogen) atoms. The van der Waals surface area contributed by atoms with Gasteiger partial charge in [0.05, 0.1) is 47.5 Å². The van der Waals surface area contributed by atoms with E-state index in [4.69, 9.17) is 21.1 Å². The van der Waals surface area contributed by atoms with Gasteiger partial charge >= 0.3 is 0 Å². The van der Waals surface area contributed by atoms with Crippen LogP contribution >= 0.6 is 11.6 Å². The first-order valence-corrected chi connectivity index (χ1v) is 12.1. The molecular weight excluding hydrogens is 494 g/mol. The lowest BCUT2D eigenvalue weighted by atomic mass is 9.91. The van der Waals surface area contributed by atoms with Gasteiger partial charge in [-0.15, -0.1) is 0 Å². The summed E-state index contributed by atoms with van der Waals surface area (Å²) >= 11 is 6.36. The Balaban J connectivity index is 1.78. The number of amides is 2. The number of ether oxygens (including phenoxy) is 2. The van der Waals surface area contributed by atoms with E-state index in [2.05, 4.69) is 27.2 Å². The fraction of sp³-hybridized carbons (Fsp3) is 0.296. The van der Waals surface area contributed by atoms with Gasteiger partial charge in [-0.1, -0.05) is 24.2 Å². The number of fused-ring (bicyclic) bond motifs is 1. The lowest BCUT2D eigenvalue weighted by molar-refractivity contribution is -0.125. The number of H-pyrrole nitrogens is 1. The zero-order chi connectivity index (χ0) is 26.7. The number of carbonyl (C=O) groups is 2. The molecule has 2 amide bonds. The summed E-state index contributed by atoms with van der Waals surface area (Å²) < 4.78 is 11.6. The van der Waals surface area contributed by atoms with Gasteiger partial charge in [-0.3, -0.25) is 14.6 Å². The van der Waals surface area contributed by atoms with E-state index in [0.29, 0.717) is 57.7 Å². The van der Waals surface area contributed by atoms with Crippen molar-refractivity contribution < 1.29 is 19.1 Å². The number of pyridine rings is 1. The van der Waals surface area contributed by atoms with Crippen molar-refractivity contribution in [3.63, 3.8) is 0 Å². The second-order valence-electron chi connectivity index (χ2n) is 9.37. The number of halogens is 1. The summed E-state index contributed by atoms with van der Waals surface area (Å²) in [4.78, 5) is 34.3. The van der Waals surface area contributed by atoms with Crippen LogP contribution in [0.2, 0.25) is 5.02 Å². The third kappa shape index (κ3) is 5.41. The Kier molecular flexibility index (Phi) is 7.45. The Morgan fingerprint density at radius 2 is 2.14 bits per heavy atom. The summed E-state index contributed by atoms with van der Waals surface area (Å²) in [5, 5.41) is 6.89. The maximum absolute atomic E-state index is 13.3.